The van der Waals surface area contributed by atoms with Crippen LogP contribution < -0.4 is 9.47 Å². The lowest BCUT2D eigenvalue weighted by molar-refractivity contribution is 0.102. The van der Waals surface area contributed by atoms with Crippen molar-refractivity contribution < 1.29 is 9.47 Å². The fourth-order valence-corrected chi connectivity index (χ4v) is 5.24. The van der Waals surface area contributed by atoms with Gasteiger partial charge >= 0.3 is 0 Å². The first-order chi connectivity index (χ1) is 16.6. The number of benzene rings is 1. The molecular weight excluding hydrogens is 426 g/mol. The first-order valence-corrected chi connectivity index (χ1v) is 12.2. The summed E-state index contributed by atoms with van der Waals surface area (Å²) in [5, 5.41) is 2.26. The van der Waals surface area contributed by atoms with Gasteiger partial charge in [0, 0.05) is 79.3 Å². The van der Waals surface area contributed by atoms with Gasteiger partial charge in [-0.1, -0.05) is 6.92 Å². The number of fused-ring (bicyclic) bond motifs is 2. The highest BCUT2D eigenvalue weighted by Gasteiger charge is 2.22. The van der Waals surface area contributed by atoms with Crippen LogP contribution in [0.4, 0.5) is 0 Å². The summed E-state index contributed by atoms with van der Waals surface area (Å²) in [7, 11) is 5.60. The van der Waals surface area contributed by atoms with E-state index >= 15 is 0 Å². The number of ether oxygens (including phenoxy) is 2. The number of likely N-dealkylation sites (N-methyl/N-ethyl adjacent to an activating group) is 1. The standard InChI is InChI=1S/C27H35N5O2/c1-5-20(31-13-11-30(2)12-14-31)8-10-32-18-22(23-15-19-7-6-9-28-27(19)29-23)21-16-25(33-3)26(34-4)17-24(21)32/h6-7,9,15-18,20H,5,8,10-14H2,1-4H3,(H,28,29). The molecule has 0 saturated carbocycles. The summed E-state index contributed by atoms with van der Waals surface area (Å²) in [5.41, 5.74) is 4.28. The molecule has 7 heteroatoms. The number of pyridine rings is 1. The number of methoxy groups -OCH3 is 2. The number of hydrogen-bond acceptors (Lipinski definition) is 5. The highest BCUT2D eigenvalue weighted by Crippen LogP contribution is 2.39. The Bertz CT molecular complexity index is 1240. The van der Waals surface area contributed by atoms with Crippen molar-refractivity contribution in [3.63, 3.8) is 0 Å². The molecule has 1 aliphatic rings. The minimum atomic E-state index is 0.590. The molecule has 0 radical (unpaired) electrons. The highest BCUT2D eigenvalue weighted by molar-refractivity contribution is 5.99. The van der Waals surface area contributed by atoms with Gasteiger partial charge in [-0.25, -0.2) is 4.98 Å². The second kappa shape index (κ2) is 9.68. The molecule has 5 rings (SSSR count). The van der Waals surface area contributed by atoms with Gasteiger partial charge in [0.1, 0.15) is 5.65 Å². The second-order valence-electron chi connectivity index (χ2n) is 9.27. The third kappa shape index (κ3) is 4.26. The molecule has 1 saturated heterocycles. The van der Waals surface area contributed by atoms with Crippen molar-refractivity contribution in [3.05, 3.63) is 42.7 Å². The van der Waals surface area contributed by atoms with Crippen molar-refractivity contribution in [2.24, 2.45) is 0 Å². The van der Waals surface area contributed by atoms with Gasteiger partial charge in [0.25, 0.3) is 0 Å². The summed E-state index contributed by atoms with van der Waals surface area (Å²) >= 11 is 0. The third-order valence-corrected chi connectivity index (χ3v) is 7.30. The van der Waals surface area contributed by atoms with Crippen LogP contribution in [0, 0.1) is 0 Å². The van der Waals surface area contributed by atoms with E-state index in [2.05, 4.69) is 68.8 Å². The number of aromatic nitrogens is 3. The molecule has 1 fully saturated rings. The smallest absolute Gasteiger partial charge is 0.162 e. The maximum absolute atomic E-state index is 5.65. The minimum Gasteiger partial charge on any atom is -0.493 e. The van der Waals surface area contributed by atoms with E-state index in [0.717, 1.165) is 83.8 Å². The molecule has 0 aliphatic carbocycles. The number of piperazine rings is 1. The van der Waals surface area contributed by atoms with E-state index in [1.54, 1.807) is 14.2 Å². The number of aromatic amines is 1. The first-order valence-electron chi connectivity index (χ1n) is 12.2. The van der Waals surface area contributed by atoms with Gasteiger partial charge in [-0.3, -0.25) is 4.90 Å². The van der Waals surface area contributed by atoms with Crippen LogP contribution in [0.1, 0.15) is 19.8 Å². The summed E-state index contributed by atoms with van der Waals surface area (Å²) in [6.07, 6.45) is 6.38. The van der Waals surface area contributed by atoms with E-state index < -0.39 is 0 Å². The molecule has 7 nitrogen and oxygen atoms in total. The highest BCUT2D eigenvalue weighted by atomic mass is 16.5. The first kappa shape index (κ1) is 22.7. The zero-order chi connectivity index (χ0) is 23.7. The van der Waals surface area contributed by atoms with E-state index in [1.165, 1.54) is 6.42 Å². The van der Waals surface area contributed by atoms with E-state index in [4.69, 9.17) is 9.47 Å². The Morgan fingerprint density at radius 2 is 1.82 bits per heavy atom. The van der Waals surface area contributed by atoms with Gasteiger partial charge in [0.05, 0.1) is 19.7 Å². The molecule has 1 N–H and O–H groups in total. The molecule has 1 atom stereocenters. The van der Waals surface area contributed by atoms with Crippen molar-refractivity contribution in [1.29, 1.82) is 0 Å². The molecule has 1 aromatic carbocycles. The van der Waals surface area contributed by atoms with Crippen LogP contribution in [0.3, 0.4) is 0 Å². The van der Waals surface area contributed by atoms with Crippen molar-refractivity contribution >= 4 is 21.9 Å². The van der Waals surface area contributed by atoms with Crippen LogP contribution in [-0.4, -0.2) is 77.8 Å². The maximum atomic E-state index is 5.65. The fourth-order valence-electron chi connectivity index (χ4n) is 5.24. The summed E-state index contributed by atoms with van der Waals surface area (Å²) in [4.78, 5) is 13.1. The number of nitrogens with one attached hydrogen (secondary N) is 1. The SMILES string of the molecule is CCC(CCn1cc(-c2cc3cccnc3[nH]2)c2cc(OC)c(OC)cc21)N1CCN(C)CC1. The molecule has 1 unspecified atom stereocenters. The topological polar surface area (TPSA) is 58.6 Å². The summed E-state index contributed by atoms with van der Waals surface area (Å²) in [5.74, 6) is 1.50. The lowest BCUT2D eigenvalue weighted by Gasteiger charge is -2.37. The van der Waals surface area contributed by atoms with E-state index in [9.17, 15) is 0 Å². The Morgan fingerprint density at radius 1 is 1.06 bits per heavy atom. The number of nitrogens with zero attached hydrogens (tertiary/aromatic N) is 4. The maximum Gasteiger partial charge on any atom is 0.162 e. The van der Waals surface area contributed by atoms with Crippen LogP contribution in [0.2, 0.25) is 0 Å². The van der Waals surface area contributed by atoms with Gasteiger partial charge in [0.2, 0.25) is 0 Å². The van der Waals surface area contributed by atoms with Crippen molar-refractivity contribution in [2.75, 3.05) is 47.4 Å². The van der Waals surface area contributed by atoms with E-state index in [0.29, 0.717) is 6.04 Å². The van der Waals surface area contributed by atoms with Gasteiger partial charge in [-0.2, -0.15) is 0 Å². The van der Waals surface area contributed by atoms with Gasteiger partial charge < -0.3 is 23.9 Å². The lowest BCUT2D eigenvalue weighted by Crippen LogP contribution is -2.49. The van der Waals surface area contributed by atoms with Gasteiger partial charge in [0.15, 0.2) is 11.5 Å². The van der Waals surface area contributed by atoms with Crippen molar-refractivity contribution in [2.45, 2.75) is 32.4 Å². The molecule has 180 valence electrons. The average Bonchev–Trinajstić information content (AvgIpc) is 3.45. The summed E-state index contributed by atoms with van der Waals surface area (Å²) < 4.78 is 13.7. The molecule has 3 aromatic heterocycles. The number of rotatable bonds is 8. The molecule has 0 bridgehead atoms. The zero-order valence-corrected chi connectivity index (χ0v) is 20.7. The van der Waals surface area contributed by atoms with Crippen LogP contribution in [0.5, 0.6) is 11.5 Å². The zero-order valence-electron chi connectivity index (χ0n) is 20.7. The Kier molecular flexibility index (Phi) is 6.48. The number of aryl methyl sites for hydroxylation is 1. The van der Waals surface area contributed by atoms with Crippen LogP contribution in [0.25, 0.3) is 33.2 Å². The normalized spacial score (nSPS) is 16.4. The fraction of sp³-hybridized carbons (Fsp3) is 0.444. The van der Waals surface area contributed by atoms with Crippen molar-refractivity contribution in [1.82, 2.24) is 24.3 Å². The molecule has 34 heavy (non-hydrogen) atoms. The minimum absolute atomic E-state index is 0.590. The average molecular weight is 462 g/mol. The quantitative estimate of drug-likeness (QED) is 0.415. The lowest BCUT2D eigenvalue weighted by atomic mass is 10.1. The largest absolute Gasteiger partial charge is 0.493 e. The van der Waals surface area contributed by atoms with Crippen LogP contribution >= 0.6 is 0 Å². The molecular formula is C27H35N5O2. The Hall–Kier alpha value is -3.03. The number of H-pyrrole nitrogens is 1. The summed E-state index contributed by atoms with van der Waals surface area (Å²) in [6, 6.07) is 11.0. The molecule has 4 heterocycles. The third-order valence-electron chi connectivity index (χ3n) is 7.30. The Balaban J connectivity index is 1.51. The Labute approximate surface area is 201 Å². The summed E-state index contributed by atoms with van der Waals surface area (Å²) in [6.45, 7) is 7.87. The van der Waals surface area contributed by atoms with Crippen LogP contribution in [0.15, 0.2) is 42.7 Å². The number of hydrogen-bond donors (Lipinski definition) is 1. The molecule has 0 amide bonds. The molecule has 0 spiro atoms. The van der Waals surface area contributed by atoms with Crippen LogP contribution in [-0.2, 0) is 6.54 Å². The second-order valence-corrected chi connectivity index (χ2v) is 9.27. The van der Waals surface area contributed by atoms with Gasteiger partial charge in [-0.15, -0.1) is 0 Å². The predicted octanol–water partition coefficient (Wildman–Crippen LogP) is 4.62. The Morgan fingerprint density at radius 3 is 2.53 bits per heavy atom. The monoisotopic (exact) mass is 461 g/mol. The van der Waals surface area contributed by atoms with E-state index in [1.807, 2.05) is 12.3 Å². The molecule has 4 aromatic rings. The predicted molar refractivity (Wildman–Crippen MR) is 138 cm³/mol. The van der Waals surface area contributed by atoms with Gasteiger partial charge in [-0.05, 0) is 44.2 Å². The van der Waals surface area contributed by atoms with Crippen molar-refractivity contribution in [3.8, 4) is 22.8 Å². The van der Waals surface area contributed by atoms with E-state index in [-0.39, 0.29) is 0 Å². The molecule has 1 aliphatic heterocycles.